The molecule has 0 aromatic heterocycles. The van der Waals surface area contributed by atoms with Crippen LogP contribution in [0.25, 0.3) is 0 Å². The molecule has 2 N–H and O–H groups in total. The lowest BCUT2D eigenvalue weighted by Crippen LogP contribution is -2.40. The van der Waals surface area contributed by atoms with Crippen LogP contribution in [0, 0.1) is 0 Å². The Morgan fingerprint density at radius 2 is 1.70 bits per heavy atom. The first kappa shape index (κ1) is 14.2. The maximum atomic E-state index is 12.2. The van der Waals surface area contributed by atoms with Gasteiger partial charge in [0, 0.05) is 18.4 Å². The van der Waals surface area contributed by atoms with Gasteiger partial charge in [0.15, 0.2) is 0 Å². The summed E-state index contributed by atoms with van der Waals surface area (Å²) in [5, 5.41) is 0. The molecule has 1 saturated carbocycles. The number of esters is 1. The predicted octanol–water partition coefficient (Wildman–Crippen LogP) is 1.34. The molecule has 2 rings (SSSR count). The van der Waals surface area contributed by atoms with Crippen LogP contribution >= 0.6 is 0 Å². The van der Waals surface area contributed by atoms with Crippen LogP contribution in [0.15, 0.2) is 24.3 Å². The van der Waals surface area contributed by atoms with Crippen LogP contribution < -0.4 is 5.73 Å². The van der Waals surface area contributed by atoms with E-state index in [0.717, 1.165) is 5.56 Å². The minimum absolute atomic E-state index is 0.165. The molecule has 20 heavy (non-hydrogen) atoms. The Bertz CT molecular complexity index is 537. The van der Waals surface area contributed by atoms with Gasteiger partial charge in [-0.2, -0.15) is 0 Å². The second-order valence-electron chi connectivity index (χ2n) is 5.05. The number of nitrogens with two attached hydrogens (primary N) is 1. The lowest BCUT2D eigenvalue weighted by molar-refractivity contribution is -0.149. The van der Waals surface area contributed by atoms with E-state index < -0.39 is 11.3 Å². The number of carbonyl (C=O) groups is 3. The largest absolute Gasteiger partial charge is 0.468 e. The summed E-state index contributed by atoms with van der Waals surface area (Å²) >= 11 is 0. The van der Waals surface area contributed by atoms with Crippen LogP contribution in [0.4, 0.5) is 0 Å². The monoisotopic (exact) mass is 275 g/mol. The first-order chi connectivity index (χ1) is 9.49. The van der Waals surface area contributed by atoms with Gasteiger partial charge in [-0.25, -0.2) is 0 Å². The number of carbonyl (C=O) groups excluding carboxylic acids is 3. The number of amides is 1. The SMILES string of the molecule is COC(=O)C1(c2ccc(C(N)=O)cc2)CCC(=O)CC1. The van der Waals surface area contributed by atoms with Crippen molar-refractivity contribution in [1.29, 1.82) is 0 Å². The molecule has 0 unspecified atom stereocenters. The number of hydrogen-bond donors (Lipinski definition) is 1. The van der Waals surface area contributed by atoms with Gasteiger partial charge in [-0.05, 0) is 30.5 Å². The quantitative estimate of drug-likeness (QED) is 0.843. The van der Waals surface area contributed by atoms with E-state index in [4.69, 9.17) is 10.5 Å². The topological polar surface area (TPSA) is 86.5 Å². The van der Waals surface area contributed by atoms with E-state index in [0.29, 0.717) is 31.2 Å². The van der Waals surface area contributed by atoms with E-state index in [-0.39, 0.29) is 11.8 Å². The van der Waals surface area contributed by atoms with Crippen LogP contribution in [0.3, 0.4) is 0 Å². The van der Waals surface area contributed by atoms with Crippen molar-refractivity contribution in [2.45, 2.75) is 31.1 Å². The molecule has 5 nitrogen and oxygen atoms in total. The van der Waals surface area contributed by atoms with Crippen molar-refractivity contribution in [3.63, 3.8) is 0 Å². The molecule has 1 aliphatic rings. The fourth-order valence-corrected chi connectivity index (χ4v) is 2.72. The summed E-state index contributed by atoms with van der Waals surface area (Å²) in [7, 11) is 1.35. The minimum Gasteiger partial charge on any atom is -0.468 e. The molecular weight excluding hydrogens is 258 g/mol. The molecular formula is C15H17NO4. The lowest BCUT2D eigenvalue weighted by Gasteiger charge is -2.34. The van der Waals surface area contributed by atoms with Crippen molar-refractivity contribution in [1.82, 2.24) is 0 Å². The first-order valence-corrected chi connectivity index (χ1v) is 6.50. The fourth-order valence-electron chi connectivity index (χ4n) is 2.72. The minimum atomic E-state index is -0.793. The van der Waals surface area contributed by atoms with Gasteiger partial charge in [0.2, 0.25) is 5.91 Å². The van der Waals surface area contributed by atoms with Crippen molar-refractivity contribution in [2.75, 3.05) is 7.11 Å². The maximum Gasteiger partial charge on any atom is 0.316 e. The molecule has 1 aromatic carbocycles. The summed E-state index contributed by atoms with van der Waals surface area (Å²) in [6, 6.07) is 6.62. The molecule has 0 saturated heterocycles. The highest BCUT2D eigenvalue weighted by Crippen LogP contribution is 2.39. The zero-order chi connectivity index (χ0) is 14.8. The number of ketones is 1. The Labute approximate surface area is 117 Å². The van der Waals surface area contributed by atoms with Crippen molar-refractivity contribution < 1.29 is 19.1 Å². The molecule has 1 amide bonds. The number of ether oxygens (including phenoxy) is 1. The summed E-state index contributed by atoms with van der Waals surface area (Å²) in [6.07, 6.45) is 1.61. The van der Waals surface area contributed by atoms with Gasteiger partial charge in [0.25, 0.3) is 0 Å². The number of Topliss-reactive ketones (excluding diaryl/α,β-unsaturated/α-hetero) is 1. The number of primary amides is 1. The van der Waals surface area contributed by atoms with Crippen LogP contribution in [-0.2, 0) is 19.7 Å². The van der Waals surface area contributed by atoms with Gasteiger partial charge < -0.3 is 10.5 Å². The number of rotatable bonds is 3. The molecule has 0 spiro atoms. The third-order valence-corrected chi connectivity index (χ3v) is 3.96. The highest BCUT2D eigenvalue weighted by molar-refractivity contribution is 5.93. The maximum absolute atomic E-state index is 12.2. The van der Waals surface area contributed by atoms with Crippen LogP contribution in [0.1, 0.15) is 41.6 Å². The van der Waals surface area contributed by atoms with Crippen LogP contribution in [0.5, 0.6) is 0 Å². The van der Waals surface area contributed by atoms with Gasteiger partial charge in [-0.3, -0.25) is 14.4 Å². The van der Waals surface area contributed by atoms with Gasteiger partial charge in [0.05, 0.1) is 12.5 Å². The van der Waals surface area contributed by atoms with E-state index >= 15 is 0 Å². The summed E-state index contributed by atoms with van der Waals surface area (Å²) in [5.41, 5.74) is 5.57. The zero-order valence-electron chi connectivity index (χ0n) is 11.3. The molecule has 5 heteroatoms. The molecule has 1 aromatic rings. The standard InChI is InChI=1S/C15H17NO4/c1-20-14(19)15(8-6-12(17)7-9-15)11-4-2-10(3-5-11)13(16)18/h2-5H,6-9H2,1H3,(H2,16,18). The summed E-state index contributed by atoms with van der Waals surface area (Å²) < 4.78 is 4.92. The van der Waals surface area contributed by atoms with E-state index in [1.807, 2.05) is 0 Å². The molecule has 0 bridgehead atoms. The van der Waals surface area contributed by atoms with Crippen LogP contribution in [0.2, 0.25) is 0 Å². The molecule has 0 heterocycles. The average molecular weight is 275 g/mol. The van der Waals surface area contributed by atoms with Gasteiger partial charge in [0.1, 0.15) is 5.78 Å². The molecule has 106 valence electrons. The number of hydrogen-bond acceptors (Lipinski definition) is 4. The third-order valence-electron chi connectivity index (χ3n) is 3.96. The van der Waals surface area contributed by atoms with E-state index in [9.17, 15) is 14.4 Å². The van der Waals surface area contributed by atoms with Crippen molar-refractivity contribution >= 4 is 17.7 Å². The van der Waals surface area contributed by atoms with Crippen LogP contribution in [-0.4, -0.2) is 24.8 Å². The van der Waals surface area contributed by atoms with Gasteiger partial charge >= 0.3 is 5.97 Å². The number of benzene rings is 1. The van der Waals surface area contributed by atoms with E-state index in [2.05, 4.69) is 0 Å². The molecule has 0 aliphatic heterocycles. The fraction of sp³-hybridized carbons (Fsp3) is 0.400. The van der Waals surface area contributed by atoms with Gasteiger partial charge in [-0.1, -0.05) is 12.1 Å². The average Bonchev–Trinajstić information content (AvgIpc) is 2.47. The lowest BCUT2D eigenvalue weighted by atomic mass is 9.69. The highest BCUT2D eigenvalue weighted by Gasteiger charge is 2.44. The Morgan fingerprint density at radius 1 is 1.15 bits per heavy atom. The Hall–Kier alpha value is -2.17. The van der Waals surface area contributed by atoms with Crippen molar-refractivity contribution in [2.24, 2.45) is 5.73 Å². The highest BCUT2D eigenvalue weighted by atomic mass is 16.5. The molecule has 1 fully saturated rings. The third kappa shape index (κ3) is 2.43. The molecule has 0 radical (unpaired) electrons. The molecule has 0 atom stereocenters. The molecule has 1 aliphatic carbocycles. The van der Waals surface area contributed by atoms with Crippen molar-refractivity contribution in [3.8, 4) is 0 Å². The summed E-state index contributed by atoms with van der Waals surface area (Å²) in [4.78, 5) is 34.7. The van der Waals surface area contributed by atoms with E-state index in [1.54, 1.807) is 24.3 Å². The summed E-state index contributed by atoms with van der Waals surface area (Å²) in [6.45, 7) is 0. The first-order valence-electron chi connectivity index (χ1n) is 6.50. The predicted molar refractivity (Wildman–Crippen MR) is 72.1 cm³/mol. The second kappa shape index (κ2) is 5.45. The normalized spacial score (nSPS) is 17.6. The smallest absolute Gasteiger partial charge is 0.316 e. The number of methoxy groups -OCH3 is 1. The Morgan fingerprint density at radius 3 is 2.15 bits per heavy atom. The van der Waals surface area contributed by atoms with E-state index in [1.165, 1.54) is 7.11 Å². The Kier molecular flexibility index (Phi) is 3.88. The van der Waals surface area contributed by atoms with Gasteiger partial charge in [-0.15, -0.1) is 0 Å². The zero-order valence-corrected chi connectivity index (χ0v) is 11.3. The second-order valence-corrected chi connectivity index (χ2v) is 5.05. The van der Waals surface area contributed by atoms with Crippen molar-refractivity contribution in [3.05, 3.63) is 35.4 Å². The Balaban J connectivity index is 2.39. The summed E-state index contributed by atoms with van der Waals surface area (Å²) in [5.74, 6) is -0.683.